The van der Waals surface area contributed by atoms with Gasteiger partial charge in [-0.3, -0.25) is 0 Å². The first-order valence-electron chi connectivity index (χ1n) is 6.20. The van der Waals surface area contributed by atoms with E-state index in [0.717, 1.165) is 33.9 Å². The molecule has 0 radical (unpaired) electrons. The van der Waals surface area contributed by atoms with E-state index in [4.69, 9.17) is 0 Å². The van der Waals surface area contributed by atoms with Crippen LogP contribution in [-0.2, 0) is 0 Å². The van der Waals surface area contributed by atoms with Gasteiger partial charge in [-0.2, -0.15) is 0 Å². The lowest BCUT2D eigenvalue weighted by atomic mass is 10.2. The fourth-order valence-corrected chi connectivity index (χ4v) is 2.03. The molecule has 1 aromatic carbocycles. The third-order valence-corrected chi connectivity index (χ3v) is 3.74. The van der Waals surface area contributed by atoms with E-state index >= 15 is 0 Å². The molecule has 1 aromatic heterocycles. The molecule has 0 aliphatic carbocycles. The maximum Gasteiger partial charge on any atom is 0.138 e. The Balaban J connectivity index is 2.27. The van der Waals surface area contributed by atoms with Gasteiger partial charge in [0.2, 0.25) is 0 Å². The minimum atomic E-state index is 0.827. The normalized spacial score (nSPS) is 10.3. The maximum absolute atomic E-state index is 4.29. The van der Waals surface area contributed by atoms with E-state index in [1.54, 1.807) is 6.33 Å². The number of hydrogen-bond acceptors (Lipinski definition) is 4. The lowest BCUT2D eigenvalue weighted by molar-refractivity contribution is 1.08. The molecule has 4 nitrogen and oxygen atoms in total. The Labute approximate surface area is 121 Å². The SMILES string of the molecule is CCNc1ncnc(Nc2ccc(Br)c(C)c2)c1C. The number of rotatable bonds is 4. The number of nitrogens with zero attached hydrogens (tertiary/aromatic N) is 2. The predicted molar refractivity (Wildman–Crippen MR) is 83.1 cm³/mol. The fourth-order valence-electron chi connectivity index (χ4n) is 1.78. The topological polar surface area (TPSA) is 49.8 Å². The summed E-state index contributed by atoms with van der Waals surface area (Å²) in [7, 11) is 0. The van der Waals surface area contributed by atoms with Crippen molar-refractivity contribution in [3.05, 3.63) is 40.1 Å². The number of benzene rings is 1. The van der Waals surface area contributed by atoms with Crippen LogP contribution in [0.4, 0.5) is 17.3 Å². The third kappa shape index (κ3) is 3.23. The Bertz CT molecular complexity index is 584. The van der Waals surface area contributed by atoms with Gasteiger partial charge in [0.15, 0.2) is 0 Å². The molecular formula is C14H17BrN4. The zero-order valence-corrected chi connectivity index (χ0v) is 12.9. The molecule has 0 aliphatic heterocycles. The summed E-state index contributed by atoms with van der Waals surface area (Å²) in [6.45, 7) is 6.96. The molecule has 2 rings (SSSR count). The highest BCUT2D eigenvalue weighted by molar-refractivity contribution is 9.10. The molecule has 2 aromatic rings. The van der Waals surface area contributed by atoms with Crippen LogP contribution in [0, 0.1) is 13.8 Å². The minimum absolute atomic E-state index is 0.827. The van der Waals surface area contributed by atoms with Crippen molar-refractivity contribution < 1.29 is 0 Å². The molecule has 5 heteroatoms. The summed E-state index contributed by atoms with van der Waals surface area (Å²) in [5.74, 6) is 1.70. The fraction of sp³-hybridized carbons (Fsp3) is 0.286. The van der Waals surface area contributed by atoms with Crippen LogP contribution < -0.4 is 10.6 Å². The highest BCUT2D eigenvalue weighted by Gasteiger charge is 2.07. The van der Waals surface area contributed by atoms with Crippen LogP contribution in [0.3, 0.4) is 0 Å². The lowest BCUT2D eigenvalue weighted by Gasteiger charge is -2.12. The molecule has 0 saturated carbocycles. The Morgan fingerprint density at radius 2 is 1.89 bits per heavy atom. The summed E-state index contributed by atoms with van der Waals surface area (Å²) < 4.78 is 1.10. The van der Waals surface area contributed by atoms with Gasteiger partial charge in [0.05, 0.1) is 0 Å². The quantitative estimate of drug-likeness (QED) is 0.892. The molecule has 19 heavy (non-hydrogen) atoms. The molecule has 100 valence electrons. The van der Waals surface area contributed by atoms with Crippen LogP contribution in [-0.4, -0.2) is 16.5 Å². The summed E-state index contributed by atoms with van der Waals surface area (Å²) in [6.07, 6.45) is 1.57. The van der Waals surface area contributed by atoms with Gasteiger partial charge in [-0.25, -0.2) is 9.97 Å². The molecule has 0 aliphatic rings. The van der Waals surface area contributed by atoms with Crippen LogP contribution in [0.1, 0.15) is 18.1 Å². The first-order valence-corrected chi connectivity index (χ1v) is 6.99. The van der Waals surface area contributed by atoms with Gasteiger partial charge in [0.1, 0.15) is 18.0 Å². The van der Waals surface area contributed by atoms with E-state index in [2.05, 4.69) is 49.5 Å². The van der Waals surface area contributed by atoms with Crippen molar-refractivity contribution in [1.82, 2.24) is 9.97 Å². The molecule has 0 unspecified atom stereocenters. The molecule has 0 spiro atoms. The maximum atomic E-state index is 4.29. The Kier molecular flexibility index (Phi) is 4.37. The van der Waals surface area contributed by atoms with E-state index in [1.165, 1.54) is 5.56 Å². The Morgan fingerprint density at radius 3 is 2.58 bits per heavy atom. The first-order chi connectivity index (χ1) is 9.11. The zero-order chi connectivity index (χ0) is 13.8. The summed E-state index contributed by atoms with van der Waals surface area (Å²) >= 11 is 3.50. The Morgan fingerprint density at radius 1 is 1.16 bits per heavy atom. The van der Waals surface area contributed by atoms with Crippen molar-refractivity contribution in [2.75, 3.05) is 17.2 Å². The van der Waals surface area contributed by atoms with Crippen molar-refractivity contribution >= 4 is 33.3 Å². The van der Waals surface area contributed by atoms with Crippen molar-refractivity contribution in [3.8, 4) is 0 Å². The average Bonchev–Trinajstić information content (AvgIpc) is 2.39. The van der Waals surface area contributed by atoms with Crippen LogP contribution in [0.2, 0.25) is 0 Å². The lowest BCUT2D eigenvalue weighted by Crippen LogP contribution is -2.05. The first kappa shape index (κ1) is 13.8. The molecule has 0 atom stereocenters. The van der Waals surface area contributed by atoms with Crippen LogP contribution in [0.5, 0.6) is 0 Å². The van der Waals surface area contributed by atoms with Gasteiger partial charge in [-0.1, -0.05) is 15.9 Å². The number of aromatic nitrogens is 2. The average molecular weight is 321 g/mol. The summed E-state index contributed by atoms with van der Waals surface area (Å²) in [5, 5.41) is 6.55. The van der Waals surface area contributed by atoms with Crippen molar-refractivity contribution in [2.45, 2.75) is 20.8 Å². The van der Waals surface area contributed by atoms with Crippen molar-refractivity contribution in [1.29, 1.82) is 0 Å². The zero-order valence-electron chi connectivity index (χ0n) is 11.3. The standard InChI is InChI=1S/C14H17BrN4/c1-4-16-13-10(3)14(18-8-17-13)19-11-5-6-12(15)9(2)7-11/h5-8H,4H2,1-3H3,(H2,16,17,18,19). The summed E-state index contributed by atoms with van der Waals surface area (Å²) in [6, 6.07) is 6.13. The second kappa shape index (κ2) is 6.02. The van der Waals surface area contributed by atoms with E-state index < -0.39 is 0 Å². The molecule has 2 N–H and O–H groups in total. The van der Waals surface area contributed by atoms with Gasteiger partial charge < -0.3 is 10.6 Å². The minimum Gasteiger partial charge on any atom is -0.370 e. The highest BCUT2D eigenvalue weighted by Crippen LogP contribution is 2.25. The monoisotopic (exact) mass is 320 g/mol. The van der Waals surface area contributed by atoms with Crippen LogP contribution >= 0.6 is 15.9 Å². The molecule has 0 bridgehead atoms. The van der Waals surface area contributed by atoms with E-state index in [-0.39, 0.29) is 0 Å². The van der Waals surface area contributed by atoms with Crippen LogP contribution in [0.15, 0.2) is 29.0 Å². The summed E-state index contributed by atoms with van der Waals surface area (Å²) in [4.78, 5) is 8.53. The predicted octanol–water partition coefficient (Wildman–Crippen LogP) is 4.03. The molecule has 0 amide bonds. The number of hydrogen-bond donors (Lipinski definition) is 2. The highest BCUT2D eigenvalue weighted by atomic mass is 79.9. The Hall–Kier alpha value is -1.62. The smallest absolute Gasteiger partial charge is 0.138 e. The number of halogens is 1. The van der Waals surface area contributed by atoms with Gasteiger partial charge >= 0.3 is 0 Å². The molecule has 0 saturated heterocycles. The van der Waals surface area contributed by atoms with Crippen molar-refractivity contribution in [2.24, 2.45) is 0 Å². The van der Waals surface area contributed by atoms with E-state index in [0.29, 0.717) is 0 Å². The van der Waals surface area contributed by atoms with Crippen molar-refractivity contribution in [3.63, 3.8) is 0 Å². The number of nitrogens with one attached hydrogen (secondary N) is 2. The molecular weight excluding hydrogens is 304 g/mol. The van der Waals surface area contributed by atoms with E-state index in [1.807, 2.05) is 26.0 Å². The third-order valence-electron chi connectivity index (χ3n) is 2.85. The molecule has 1 heterocycles. The van der Waals surface area contributed by atoms with Gasteiger partial charge in [0.25, 0.3) is 0 Å². The van der Waals surface area contributed by atoms with E-state index in [9.17, 15) is 0 Å². The molecule has 0 fully saturated rings. The van der Waals surface area contributed by atoms with Gasteiger partial charge in [-0.05, 0) is 44.5 Å². The summed E-state index contributed by atoms with van der Waals surface area (Å²) in [5.41, 5.74) is 3.22. The number of aryl methyl sites for hydroxylation is 1. The van der Waals surface area contributed by atoms with Crippen LogP contribution in [0.25, 0.3) is 0 Å². The largest absolute Gasteiger partial charge is 0.370 e. The van der Waals surface area contributed by atoms with Gasteiger partial charge in [0, 0.05) is 22.3 Å². The second-order valence-electron chi connectivity index (χ2n) is 4.32. The second-order valence-corrected chi connectivity index (χ2v) is 5.17. The van der Waals surface area contributed by atoms with Gasteiger partial charge in [-0.15, -0.1) is 0 Å². The number of anilines is 3.